The highest BCUT2D eigenvalue weighted by molar-refractivity contribution is 6.30. The van der Waals surface area contributed by atoms with Gasteiger partial charge in [-0.3, -0.25) is 14.4 Å². The summed E-state index contributed by atoms with van der Waals surface area (Å²) < 4.78 is 0. The predicted octanol–water partition coefficient (Wildman–Crippen LogP) is 3.04. The van der Waals surface area contributed by atoms with Crippen molar-refractivity contribution in [1.82, 2.24) is 10.6 Å². The highest BCUT2D eigenvalue weighted by Crippen LogP contribution is 2.23. The number of halogens is 1. The summed E-state index contributed by atoms with van der Waals surface area (Å²) in [5, 5.41) is 14.7. The summed E-state index contributed by atoms with van der Waals surface area (Å²) in [5.41, 5.74) is 2.97. The highest BCUT2D eigenvalue weighted by Gasteiger charge is 2.17. The van der Waals surface area contributed by atoms with Gasteiger partial charge in [-0.2, -0.15) is 0 Å². The fourth-order valence-corrected chi connectivity index (χ4v) is 3.00. The minimum atomic E-state index is -1.03. The van der Waals surface area contributed by atoms with Crippen LogP contribution >= 0.6 is 11.6 Å². The predicted molar refractivity (Wildman–Crippen MR) is 108 cm³/mol. The van der Waals surface area contributed by atoms with Gasteiger partial charge in [0.1, 0.15) is 0 Å². The molecule has 2 aromatic carbocycles. The van der Waals surface area contributed by atoms with Crippen LogP contribution in [0.5, 0.6) is 0 Å². The lowest BCUT2D eigenvalue weighted by Gasteiger charge is -2.18. The van der Waals surface area contributed by atoms with Crippen LogP contribution in [-0.4, -0.2) is 36.0 Å². The van der Waals surface area contributed by atoms with E-state index in [0.717, 1.165) is 16.7 Å². The van der Waals surface area contributed by atoms with Crippen LogP contribution in [0.15, 0.2) is 48.5 Å². The zero-order chi connectivity index (χ0) is 20.5. The van der Waals surface area contributed by atoms with E-state index in [-0.39, 0.29) is 31.1 Å². The van der Waals surface area contributed by atoms with Crippen molar-refractivity contribution in [2.75, 3.05) is 7.05 Å². The molecular formula is C21H23ClN2O4. The van der Waals surface area contributed by atoms with E-state index in [9.17, 15) is 14.4 Å². The van der Waals surface area contributed by atoms with E-state index in [1.807, 2.05) is 48.5 Å². The number of benzene rings is 2. The number of hydrogen-bond donors (Lipinski definition) is 3. The van der Waals surface area contributed by atoms with Crippen molar-refractivity contribution in [1.29, 1.82) is 0 Å². The number of aliphatic carboxylic acids is 1. The van der Waals surface area contributed by atoms with Gasteiger partial charge in [0.25, 0.3) is 0 Å². The van der Waals surface area contributed by atoms with Crippen LogP contribution in [0.25, 0.3) is 11.1 Å². The van der Waals surface area contributed by atoms with Crippen molar-refractivity contribution in [3.63, 3.8) is 0 Å². The molecule has 2 amide bonds. The van der Waals surface area contributed by atoms with Crippen molar-refractivity contribution in [3.05, 3.63) is 59.1 Å². The lowest BCUT2D eigenvalue weighted by Crippen LogP contribution is -2.40. The summed E-state index contributed by atoms with van der Waals surface area (Å²) in [6.45, 7) is 0. The van der Waals surface area contributed by atoms with Crippen molar-refractivity contribution in [3.8, 4) is 11.1 Å². The molecule has 0 unspecified atom stereocenters. The maximum absolute atomic E-state index is 12.0. The minimum absolute atomic E-state index is 0.116. The molecule has 2 aromatic rings. The summed E-state index contributed by atoms with van der Waals surface area (Å²) >= 11 is 6.04. The Morgan fingerprint density at radius 1 is 1.00 bits per heavy atom. The van der Waals surface area contributed by atoms with Gasteiger partial charge in [0, 0.05) is 31.0 Å². The van der Waals surface area contributed by atoms with Gasteiger partial charge in [0.05, 0.1) is 6.42 Å². The van der Waals surface area contributed by atoms with Crippen LogP contribution in [0.2, 0.25) is 5.02 Å². The summed E-state index contributed by atoms with van der Waals surface area (Å²) in [6.07, 6.45) is 0.216. The lowest BCUT2D eigenvalue weighted by molar-refractivity contribution is -0.139. The van der Waals surface area contributed by atoms with Crippen LogP contribution in [0.4, 0.5) is 0 Å². The average molecular weight is 403 g/mol. The van der Waals surface area contributed by atoms with Crippen LogP contribution in [0.1, 0.15) is 24.8 Å². The first-order chi connectivity index (χ1) is 13.4. The first-order valence-corrected chi connectivity index (χ1v) is 9.32. The summed E-state index contributed by atoms with van der Waals surface area (Å²) in [7, 11) is 1.53. The molecule has 0 aromatic heterocycles. The average Bonchev–Trinajstić information content (AvgIpc) is 2.66. The molecule has 0 saturated carbocycles. The maximum Gasteiger partial charge on any atom is 0.303 e. The molecule has 0 aliphatic heterocycles. The molecule has 0 bridgehead atoms. The van der Waals surface area contributed by atoms with E-state index in [2.05, 4.69) is 10.6 Å². The van der Waals surface area contributed by atoms with Crippen LogP contribution in [-0.2, 0) is 20.8 Å². The fourth-order valence-electron chi connectivity index (χ4n) is 2.81. The van der Waals surface area contributed by atoms with Gasteiger partial charge < -0.3 is 15.7 Å². The number of carbonyl (C=O) groups excluding carboxylic acids is 2. The third-order valence-corrected chi connectivity index (χ3v) is 4.47. The van der Waals surface area contributed by atoms with E-state index >= 15 is 0 Å². The molecule has 1 atom stereocenters. The molecule has 0 radical (unpaired) electrons. The number of carbonyl (C=O) groups is 3. The van der Waals surface area contributed by atoms with Crippen molar-refractivity contribution < 1.29 is 19.5 Å². The Morgan fingerprint density at radius 2 is 1.71 bits per heavy atom. The molecule has 6 nitrogen and oxygen atoms in total. The number of carboxylic acids is 1. The topological polar surface area (TPSA) is 95.5 Å². The van der Waals surface area contributed by atoms with Gasteiger partial charge in [0.2, 0.25) is 11.8 Å². The molecular weight excluding hydrogens is 380 g/mol. The Morgan fingerprint density at radius 3 is 2.32 bits per heavy atom. The van der Waals surface area contributed by atoms with Crippen molar-refractivity contribution in [2.45, 2.75) is 31.7 Å². The van der Waals surface area contributed by atoms with Gasteiger partial charge in [-0.25, -0.2) is 0 Å². The molecule has 3 N–H and O–H groups in total. The SMILES string of the molecule is CNC(=O)C[C@@H](Cc1ccc(-c2cccc(Cl)c2)cc1)NC(=O)CCC(=O)O. The van der Waals surface area contributed by atoms with Gasteiger partial charge in [-0.1, -0.05) is 48.0 Å². The van der Waals surface area contributed by atoms with E-state index < -0.39 is 12.0 Å². The van der Waals surface area contributed by atoms with Gasteiger partial charge >= 0.3 is 5.97 Å². The Labute approximate surface area is 168 Å². The standard InChI is InChI=1S/C21H23ClN2O4/c1-23-20(26)13-18(24-19(25)9-10-21(27)28)11-14-5-7-15(8-6-14)16-3-2-4-17(22)12-16/h2-8,12,18H,9-11,13H2,1H3,(H,23,26)(H,24,25)(H,27,28)/t18-/m1/s1. The lowest BCUT2D eigenvalue weighted by atomic mass is 9.99. The quantitative estimate of drug-likeness (QED) is 0.600. The smallest absolute Gasteiger partial charge is 0.303 e. The number of amides is 2. The molecule has 0 aliphatic rings. The zero-order valence-electron chi connectivity index (χ0n) is 15.6. The first-order valence-electron chi connectivity index (χ1n) is 8.94. The summed E-state index contributed by atoms with van der Waals surface area (Å²) in [5.74, 6) is -1.61. The number of nitrogens with one attached hydrogen (secondary N) is 2. The Hall–Kier alpha value is -2.86. The second-order valence-electron chi connectivity index (χ2n) is 6.45. The molecule has 148 valence electrons. The minimum Gasteiger partial charge on any atom is -0.481 e. The monoisotopic (exact) mass is 402 g/mol. The van der Waals surface area contributed by atoms with E-state index in [0.29, 0.717) is 11.4 Å². The summed E-state index contributed by atoms with van der Waals surface area (Å²) in [4.78, 5) is 34.4. The normalized spacial score (nSPS) is 11.5. The third-order valence-electron chi connectivity index (χ3n) is 4.24. The molecule has 0 spiro atoms. The molecule has 2 rings (SSSR count). The highest BCUT2D eigenvalue weighted by atomic mass is 35.5. The molecule has 7 heteroatoms. The summed E-state index contributed by atoms with van der Waals surface area (Å²) in [6, 6.07) is 14.9. The Balaban J connectivity index is 2.06. The van der Waals surface area contributed by atoms with Crippen molar-refractivity contribution >= 4 is 29.4 Å². The second kappa shape index (κ2) is 10.5. The van der Waals surface area contributed by atoms with Crippen molar-refractivity contribution in [2.24, 2.45) is 0 Å². The Kier molecular flexibility index (Phi) is 8.02. The van der Waals surface area contributed by atoms with Gasteiger partial charge in [0.15, 0.2) is 0 Å². The second-order valence-corrected chi connectivity index (χ2v) is 6.88. The Bertz CT molecular complexity index is 837. The maximum atomic E-state index is 12.0. The van der Waals surface area contributed by atoms with Crippen LogP contribution < -0.4 is 10.6 Å². The number of carboxylic acid groups (broad SMARTS) is 1. The molecule has 0 saturated heterocycles. The van der Waals surface area contributed by atoms with E-state index in [4.69, 9.17) is 16.7 Å². The number of rotatable bonds is 9. The number of hydrogen-bond acceptors (Lipinski definition) is 3. The molecule has 0 heterocycles. The zero-order valence-corrected chi connectivity index (χ0v) is 16.3. The van der Waals surface area contributed by atoms with Crippen LogP contribution in [0, 0.1) is 0 Å². The van der Waals surface area contributed by atoms with Gasteiger partial charge in [-0.05, 0) is 35.2 Å². The largest absolute Gasteiger partial charge is 0.481 e. The van der Waals surface area contributed by atoms with E-state index in [1.165, 1.54) is 7.05 Å². The van der Waals surface area contributed by atoms with Crippen LogP contribution in [0.3, 0.4) is 0 Å². The molecule has 28 heavy (non-hydrogen) atoms. The third kappa shape index (κ3) is 7.04. The molecule has 0 fully saturated rings. The van der Waals surface area contributed by atoms with Gasteiger partial charge in [-0.15, -0.1) is 0 Å². The fraction of sp³-hybridized carbons (Fsp3) is 0.286. The molecule has 0 aliphatic carbocycles. The first kappa shape index (κ1) is 21.4. The van der Waals surface area contributed by atoms with E-state index in [1.54, 1.807) is 0 Å².